The van der Waals surface area contributed by atoms with E-state index in [0.29, 0.717) is 0 Å². The fourth-order valence-electron chi connectivity index (χ4n) is 1.58. The molecule has 0 aromatic heterocycles. The third-order valence-electron chi connectivity index (χ3n) is 2.16. The van der Waals surface area contributed by atoms with Crippen LogP contribution in [-0.2, 0) is 23.5 Å². The molecule has 0 amide bonds. The molecule has 16 heavy (non-hydrogen) atoms. The minimum atomic E-state index is -0.763. The molecule has 1 aliphatic carbocycles. The van der Waals surface area contributed by atoms with Crippen LogP contribution in [0.5, 0.6) is 0 Å². The average Bonchev–Trinajstić information content (AvgIpc) is 2.49. The van der Waals surface area contributed by atoms with Crippen LogP contribution in [0.2, 0.25) is 13.1 Å². The Labute approximate surface area is 125 Å². The van der Waals surface area contributed by atoms with E-state index in [1.165, 1.54) is 10.9 Å². The minimum absolute atomic E-state index is 0.0547. The molecule has 1 aliphatic rings. The van der Waals surface area contributed by atoms with Crippen LogP contribution in [0.3, 0.4) is 0 Å². The Balaban J connectivity index is 0.00000106. The maximum absolute atomic E-state index is 6.24. The number of alkyl halides is 1. The van der Waals surface area contributed by atoms with Gasteiger partial charge in [-0.1, -0.05) is 25.2 Å². The van der Waals surface area contributed by atoms with Gasteiger partial charge in [0.25, 0.3) is 0 Å². The van der Waals surface area contributed by atoms with Gasteiger partial charge >= 0.3 is 32.0 Å². The van der Waals surface area contributed by atoms with Crippen molar-refractivity contribution in [2.24, 2.45) is 0 Å². The molecule has 5 heteroatoms. The topological polar surface area (TPSA) is 12.0 Å². The molecule has 0 heterocycles. The van der Waals surface area contributed by atoms with E-state index < -0.39 is 8.80 Å². The molecule has 91 valence electrons. The van der Waals surface area contributed by atoms with Crippen molar-refractivity contribution in [2.45, 2.75) is 44.8 Å². The second-order valence-corrected chi connectivity index (χ2v) is 8.56. The van der Waals surface area contributed by atoms with E-state index >= 15 is 0 Å². The first kappa shape index (κ1) is 17.0. The number of hydrogen-bond donors (Lipinski definition) is 1. The van der Waals surface area contributed by atoms with E-state index in [1.54, 1.807) is 0 Å². The van der Waals surface area contributed by atoms with Crippen molar-refractivity contribution in [3.63, 3.8) is 0 Å². The number of rotatable bonds is 2. The summed E-state index contributed by atoms with van der Waals surface area (Å²) in [6.45, 7) is 11.2. The summed E-state index contributed by atoms with van der Waals surface area (Å²) >= 11 is 7.26. The Bertz CT molecular complexity index is 282. The van der Waals surface area contributed by atoms with E-state index in [4.69, 9.17) is 20.1 Å². The molecule has 1 N–H and O–H groups in total. The van der Waals surface area contributed by atoms with Gasteiger partial charge in [-0.05, 0) is 26.0 Å². The molecule has 1 unspecified atom stereocenters. The molecule has 0 aromatic carbocycles. The van der Waals surface area contributed by atoms with Gasteiger partial charge in [-0.2, -0.15) is 0 Å². The fraction of sp³-hybridized carbons (Fsp3) is 0.636. The predicted molar refractivity (Wildman–Crippen MR) is 73.4 cm³/mol. The van der Waals surface area contributed by atoms with E-state index in [9.17, 15) is 0 Å². The van der Waals surface area contributed by atoms with E-state index in [1.807, 2.05) is 0 Å². The second-order valence-electron chi connectivity index (χ2n) is 5.16. The fourth-order valence-corrected chi connectivity index (χ4v) is 3.31. The molecule has 0 saturated heterocycles. The molecule has 1 rings (SSSR count). The van der Waals surface area contributed by atoms with Crippen LogP contribution >= 0.6 is 20.1 Å². The third-order valence-corrected chi connectivity index (χ3v) is 4.27. The van der Waals surface area contributed by atoms with Crippen LogP contribution in [0.25, 0.3) is 0 Å². The van der Waals surface area contributed by atoms with Gasteiger partial charge in [-0.15, -0.1) is 11.6 Å². The van der Waals surface area contributed by atoms with Gasteiger partial charge in [0.2, 0.25) is 0 Å². The first-order chi connectivity index (χ1) is 7.31. The van der Waals surface area contributed by atoms with Gasteiger partial charge in [0.1, 0.15) is 0 Å². The summed E-state index contributed by atoms with van der Waals surface area (Å²) in [6.07, 6.45) is 4.28. The molecule has 0 saturated carbocycles. The molecule has 0 aliphatic heterocycles. The van der Waals surface area contributed by atoms with Crippen molar-refractivity contribution in [2.75, 3.05) is 0 Å². The summed E-state index contributed by atoms with van der Waals surface area (Å²) in [5.41, 5.74) is 1.34. The molecule has 1 atom stereocenters. The summed E-state index contributed by atoms with van der Waals surface area (Å²) in [4.78, 5) is 0. The van der Waals surface area contributed by atoms with Gasteiger partial charge in [-0.3, -0.25) is 0 Å². The molecule has 0 fully saturated rings. The van der Waals surface area contributed by atoms with Crippen molar-refractivity contribution in [1.82, 2.24) is 5.32 Å². The monoisotopic (exact) mass is 354 g/mol. The first-order valence-electron chi connectivity index (χ1n) is 5.34. The number of hydrogen-bond acceptors (Lipinski definition) is 1. The van der Waals surface area contributed by atoms with Crippen molar-refractivity contribution in [3.05, 3.63) is 23.0 Å². The van der Waals surface area contributed by atoms with Gasteiger partial charge in [-0.25, -0.2) is 0 Å². The van der Waals surface area contributed by atoms with Crippen molar-refractivity contribution in [3.8, 4) is 0 Å². The van der Waals surface area contributed by atoms with E-state index in [2.05, 4.69) is 51.3 Å². The third kappa shape index (κ3) is 5.53. The van der Waals surface area contributed by atoms with Gasteiger partial charge in [0.05, 0.1) is 14.2 Å². The number of nitrogens with one attached hydrogen (secondary N) is 1. The van der Waals surface area contributed by atoms with Crippen LogP contribution in [0.1, 0.15) is 20.8 Å². The van der Waals surface area contributed by atoms with Crippen molar-refractivity contribution < 1.29 is 23.5 Å². The zero-order chi connectivity index (χ0) is 12.9. The van der Waals surface area contributed by atoms with Crippen molar-refractivity contribution >= 4 is 28.9 Å². The number of halogens is 2. The standard InChI is InChI=1S/C11H20ClNSi.ClH.Zr/c1-11(2,3)13-10-8(12)6-7-9(10)14(4)5;;/h6-8,13-14H,1-5H3;1H;/q;;+1/p-1. The van der Waals surface area contributed by atoms with E-state index in [-0.39, 0.29) is 10.9 Å². The molecule has 0 spiro atoms. The van der Waals surface area contributed by atoms with Gasteiger partial charge in [0, 0.05) is 11.2 Å². The Hall–Kier alpha value is 0.960. The van der Waals surface area contributed by atoms with Gasteiger partial charge < -0.3 is 5.32 Å². The average molecular weight is 357 g/mol. The zero-order valence-corrected chi connectivity index (χ0v) is 15.7. The van der Waals surface area contributed by atoms with Crippen LogP contribution < -0.4 is 5.32 Å². The van der Waals surface area contributed by atoms with E-state index in [0.717, 1.165) is 23.5 Å². The molecular weight excluding hydrogens is 336 g/mol. The van der Waals surface area contributed by atoms with Crippen LogP contribution in [0, 0.1) is 0 Å². The van der Waals surface area contributed by atoms with Crippen molar-refractivity contribution in [1.29, 1.82) is 0 Å². The SMILES string of the molecule is C[SiH](C)C1=C(NC(C)(C)C)C(Cl)C=C1.[Cl][Zr]. The first-order valence-corrected chi connectivity index (χ1v) is 11.8. The summed E-state index contributed by atoms with van der Waals surface area (Å²) in [7, 11) is 3.97. The maximum atomic E-state index is 6.24. The number of allylic oxidation sites excluding steroid dienone is 3. The van der Waals surface area contributed by atoms with Gasteiger partial charge in [0.15, 0.2) is 0 Å². The summed E-state index contributed by atoms with van der Waals surface area (Å²) in [6, 6.07) is 0. The Morgan fingerprint density at radius 1 is 1.31 bits per heavy atom. The Morgan fingerprint density at radius 2 is 1.81 bits per heavy atom. The Morgan fingerprint density at radius 3 is 2.19 bits per heavy atom. The summed E-state index contributed by atoms with van der Waals surface area (Å²) < 4.78 is 0. The molecule has 0 radical (unpaired) electrons. The van der Waals surface area contributed by atoms with Crippen LogP contribution in [0.15, 0.2) is 23.0 Å². The quantitative estimate of drug-likeness (QED) is 0.590. The molecule has 0 bridgehead atoms. The summed E-state index contributed by atoms with van der Waals surface area (Å²) in [5.74, 6) is 0. The zero-order valence-electron chi connectivity index (χ0n) is 10.6. The Kier molecular flexibility index (Phi) is 7.85. The molecule has 1 nitrogen and oxygen atoms in total. The predicted octanol–water partition coefficient (Wildman–Crippen LogP) is 3.52. The second kappa shape index (κ2) is 7.41. The normalized spacial score (nSPS) is 19.8. The summed E-state index contributed by atoms with van der Waals surface area (Å²) in [5, 5.41) is 5.05. The van der Waals surface area contributed by atoms with Crippen LogP contribution in [-0.4, -0.2) is 19.7 Å². The molecule has 0 aromatic rings. The molecular formula is C11H20Cl2NSiZr. The van der Waals surface area contributed by atoms with Crippen LogP contribution in [0.4, 0.5) is 0 Å².